The second kappa shape index (κ2) is 5.92. The molecule has 0 saturated carbocycles. The van der Waals surface area contributed by atoms with Crippen LogP contribution >= 0.6 is 0 Å². The normalized spacial score (nSPS) is 14.9. The van der Waals surface area contributed by atoms with Crippen LogP contribution in [-0.4, -0.2) is 5.54 Å². The molecule has 1 heteroatoms. The van der Waals surface area contributed by atoms with Gasteiger partial charge >= 0.3 is 0 Å². The minimum Gasteiger partial charge on any atom is -0.325 e. The van der Waals surface area contributed by atoms with Gasteiger partial charge in [0.1, 0.15) is 0 Å². The first-order valence-electron chi connectivity index (χ1n) is 5.97. The molecule has 1 atom stereocenters. The Labute approximate surface area is 93.7 Å². The van der Waals surface area contributed by atoms with Gasteiger partial charge < -0.3 is 5.73 Å². The number of aryl methyl sites for hydroxylation is 1. The molecule has 1 aromatic rings. The van der Waals surface area contributed by atoms with Crippen LogP contribution in [0.15, 0.2) is 30.3 Å². The van der Waals surface area contributed by atoms with E-state index < -0.39 is 0 Å². The molecule has 15 heavy (non-hydrogen) atoms. The molecule has 0 spiro atoms. The van der Waals surface area contributed by atoms with E-state index in [4.69, 9.17) is 5.73 Å². The van der Waals surface area contributed by atoms with Crippen LogP contribution < -0.4 is 5.73 Å². The maximum atomic E-state index is 6.25. The Kier molecular flexibility index (Phi) is 4.83. The molecule has 0 aliphatic rings. The molecule has 0 radical (unpaired) electrons. The summed E-state index contributed by atoms with van der Waals surface area (Å²) in [7, 11) is 0. The zero-order valence-electron chi connectivity index (χ0n) is 10.00. The maximum absolute atomic E-state index is 6.25. The van der Waals surface area contributed by atoms with E-state index >= 15 is 0 Å². The zero-order valence-corrected chi connectivity index (χ0v) is 10.00. The summed E-state index contributed by atoms with van der Waals surface area (Å²) in [6.45, 7) is 4.39. The molecule has 1 aromatic carbocycles. The molecule has 0 fully saturated rings. The van der Waals surface area contributed by atoms with Gasteiger partial charge in [0.05, 0.1) is 0 Å². The van der Waals surface area contributed by atoms with E-state index in [0.29, 0.717) is 0 Å². The number of benzene rings is 1. The van der Waals surface area contributed by atoms with Gasteiger partial charge in [-0.2, -0.15) is 0 Å². The predicted octanol–water partition coefficient (Wildman–Crippen LogP) is 3.53. The summed E-state index contributed by atoms with van der Waals surface area (Å²) in [5, 5.41) is 0. The van der Waals surface area contributed by atoms with Crippen LogP contribution in [0.4, 0.5) is 0 Å². The van der Waals surface area contributed by atoms with E-state index in [1.165, 1.54) is 18.4 Å². The van der Waals surface area contributed by atoms with Gasteiger partial charge in [-0.1, -0.05) is 50.1 Å². The monoisotopic (exact) mass is 205 g/mol. The standard InChI is InChI=1S/C14H23N/c1-3-4-11-14(2,15)12-10-13-8-6-5-7-9-13/h5-9H,3-4,10-12,15H2,1-2H3. The summed E-state index contributed by atoms with van der Waals surface area (Å²) in [4.78, 5) is 0. The lowest BCUT2D eigenvalue weighted by molar-refractivity contribution is 0.388. The van der Waals surface area contributed by atoms with Crippen molar-refractivity contribution >= 4 is 0 Å². The number of nitrogens with two attached hydrogens (primary N) is 1. The van der Waals surface area contributed by atoms with Crippen molar-refractivity contribution in [3.05, 3.63) is 35.9 Å². The van der Waals surface area contributed by atoms with Crippen molar-refractivity contribution < 1.29 is 0 Å². The van der Waals surface area contributed by atoms with Gasteiger partial charge in [0, 0.05) is 5.54 Å². The lowest BCUT2D eigenvalue weighted by Gasteiger charge is -2.24. The highest BCUT2D eigenvalue weighted by molar-refractivity contribution is 5.15. The quantitative estimate of drug-likeness (QED) is 0.755. The number of hydrogen-bond donors (Lipinski definition) is 1. The van der Waals surface area contributed by atoms with Crippen LogP contribution in [0.1, 0.15) is 45.1 Å². The van der Waals surface area contributed by atoms with Crippen LogP contribution in [0.3, 0.4) is 0 Å². The van der Waals surface area contributed by atoms with Crippen LogP contribution in [0.5, 0.6) is 0 Å². The molecule has 0 aliphatic heterocycles. The smallest absolute Gasteiger partial charge is 0.0129 e. The fourth-order valence-corrected chi connectivity index (χ4v) is 1.78. The molecule has 1 rings (SSSR count). The Morgan fingerprint density at radius 3 is 2.40 bits per heavy atom. The third kappa shape index (κ3) is 4.98. The lowest BCUT2D eigenvalue weighted by Crippen LogP contribution is -2.36. The van der Waals surface area contributed by atoms with Crippen molar-refractivity contribution in [3.63, 3.8) is 0 Å². The summed E-state index contributed by atoms with van der Waals surface area (Å²) >= 11 is 0. The first-order chi connectivity index (χ1) is 7.14. The van der Waals surface area contributed by atoms with E-state index in [-0.39, 0.29) is 5.54 Å². The third-order valence-electron chi connectivity index (χ3n) is 2.93. The van der Waals surface area contributed by atoms with Crippen molar-refractivity contribution in [2.24, 2.45) is 5.73 Å². The first-order valence-corrected chi connectivity index (χ1v) is 5.97. The summed E-state index contributed by atoms with van der Waals surface area (Å²) in [5.41, 5.74) is 7.65. The van der Waals surface area contributed by atoms with E-state index in [1.54, 1.807) is 0 Å². The Morgan fingerprint density at radius 2 is 1.80 bits per heavy atom. The number of rotatable bonds is 6. The minimum absolute atomic E-state index is 0.00580. The minimum atomic E-state index is 0.00580. The maximum Gasteiger partial charge on any atom is 0.0129 e. The van der Waals surface area contributed by atoms with Gasteiger partial charge in [0.25, 0.3) is 0 Å². The van der Waals surface area contributed by atoms with Crippen molar-refractivity contribution in [2.75, 3.05) is 0 Å². The Morgan fingerprint density at radius 1 is 1.13 bits per heavy atom. The van der Waals surface area contributed by atoms with Gasteiger partial charge in [-0.3, -0.25) is 0 Å². The SMILES string of the molecule is CCCCC(C)(N)CCc1ccccc1. The molecule has 0 heterocycles. The molecule has 2 N–H and O–H groups in total. The number of unbranched alkanes of at least 4 members (excludes halogenated alkanes) is 1. The highest BCUT2D eigenvalue weighted by Crippen LogP contribution is 2.17. The van der Waals surface area contributed by atoms with Crippen molar-refractivity contribution in [1.29, 1.82) is 0 Å². The molecule has 0 amide bonds. The molecule has 0 aliphatic carbocycles. The average Bonchev–Trinajstić information content (AvgIpc) is 2.25. The van der Waals surface area contributed by atoms with Crippen LogP contribution in [-0.2, 0) is 6.42 Å². The fourth-order valence-electron chi connectivity index (χ4n) is 1.78. The summed E-state index contributed by atoms with van der Waals surface area (Å²) in [6, 6.07) is 10.6. The number of hydrogen-bond acceptors (Lipinski definition) is 1. The Hall–Kier alpha value is -0.820. The van der Waals surface area contributed by atoms with Gasteiger partial charge in [-0.05, 0) is 31.7 Å². The molecule has 0 aromatic heterocycles. The Balaban J connectivity index is 2.35. The summed E-state index contributed by atoms with van der Waals surface area (Å²) < 4.78 is 0. The van der Waals surface area contributed by atoms with Gasteiger partial charge in [0.2, 0.25) is 0 Å². The van der Waals surface area contributed by atoms with Gasteiger partial charge in [0.15, 0.2) is 0 Å². The van der Waals surface area contributed by atoms with E-state index in [2.05, 4.69) is 44.2 Å². The van der Waals surface area contributed by atoms with Crippen molar-refractivity contribution in [2.45, 2.75) is 51.5 Å². The molecular formula is C14H23N. The third-order valence-corrected chi connectivity index (χ3v) is 2.93. The molecule has 0 bridgehead atoms. The fraction of sp³-hybridized carbons (Fsp3) is 0.571. The first kappa shape index (κ1) is 12.3. The van der Waals surface area contributed by atoms with E-state index in [9.17, 15) is 0 Å². The van der Waals surface area contributed by atoms with E-state index in [0.717, 1.165) is 19.3 Å². The summed E-state index contributed by atoms with van der Waals surface area (Å²) in [6.07, 6.45) is 5.78. The molecular weight excluding hydrogens is 182 g/mol. The van der Waals surface area contributed by atoms with Crippen LogP contribution in [0, 0.1) is 0 Å². The topological polar surface area (TPSA) is 26.0 Å². The highest BCUT2D eigenvalue weighted by atomic mass is 14.7. The largest absolute Gasteiger partial charge is 0.325 e. The van der Waals surface area contributed by atoms with Crippen molar-refractivity contribution in [3.8, 4) is 0 Å². The highest BCUT2D eigenvalue weighted by Gasteiger charge is 2.16. The zero-order chi connectivity index (χ0) is 11.1. The molecule has 84 valence electrons. The van der Waals surface area contributed by atoms with Gasteiger partial charge in [-0.15, -0.1) is 0 Å². The molecule has 1 nitrogen and oxygen atoms in total. The summed E-state index contributed by atoms with van der Waals surface area (Å²) in [5.74, 6) is 0. The van der Waals surface area contributed by atoms with Gasteiger partial charge in [-0.25, -0.2) is 0 Å². The Bertz CT molecular complexity index is 264. The second-order valence-corrected chi connectivity index (χ2v) is 4.74. The molecule has 0 saturated heterocycles. The van der Waals surface area contributed by atoms with E-state index in [1.807, 2.05) is 0 Å². The predicted molar refractivity (Wildman–Crippen MR) is 66.9 cm³/mol. The van der Waals surface area contributed by atoms with Crippen molar-refractivity contribution in [1.82, 2.24) is 0 Å². The van der Waals surface area contributed by atoms with Crippen LogP contribution in [0.25, 0.3) is 0 Å². The second-order valence-electron chi connectivity index (χ2n) is 4.74. The lowest BCUT2D eigenvalue weighted by atomic mass is 9.89. The van der Waals surface area contributed by atoms with Crippen LogP contribution in [0.2, 0.25) is 0 Å². The average molecular weight is 205 g/mol. The molecule has 1 unspecified atom stereocenters.